The Morgan fingerprint density at radius 2 is 1.54 bits per heavy atom. The summed E-state index contributed by atoms with van der Waals surface area (Å²) >= 11 is 0. The van der Waals surface area contributed by atoms with Gasteiger partial charge in [-0.3, -0.25) is 0 Å². The smallest absolute Gasteiger partial charge is 0.407 e. The lowest BCUT2D eigenvalue weighted by Gasteiger charge is -2.72. The first-order valence-electron chi connectivity index (χ1n) is 22.5. The quantitative estimate of drug-likeness (QED) is 0.232. The molecule has 9 rings (SSSR count). The number of aliphatic hydroxyl groups excluding tert-OH is 1. The number of carbonyl (C=O) groups is 2. The normalized spacial score (nSPS) is 35.7. The van der Waals surface area contributed by atoms with Crippen LogP contribution >= 0.6 is 0 Å². The Labute approximate surface area is 350 Å². The van der Waals surface area contributed by atoms with Crippen LogP contribution in [0.2, 0.25) is 0 Å². The SMILES string of the molecule is COC(=O)c1ccc(C2=CC[C@]3(C)[C@H]4CC[C@@H]5[C@H]6[C@H](C(C)CO)CC[C@]6(NC(=O)OCC6c7ccccc7-c7ccccc76)CC[C@@]5(C)[C@]4(C)CC[C@H]3C2(C)C)cc1F. The summed E-state index contributed by atoms with van der Waals surface area (Å²) in [6.07, 6.45) is 11.4. The lowest BCUT2D eigenvalue weighted by atomic mass is 9.33. The third-order valence-corrected chi connectivity index (χ3v) is 18.5. The van der Waals surface area contributed by atoms with Gasteiger partial charge in [0.2, 0.25) is 0 Å². The number of amides is 1. The van der Waals surface area contributed by atoms with Gasteiger partial charge in [0.1, 0.15) is 12.4 Å². The number of methoxy groups -OCH3 is 1. The highest BCUT2D eigenvalue weighted by Gasteiger charge is 2.71. The summed E-state index contributed by atoms with van der Waals surface area (Å²) < 4.78 is 26.4. The van der Waals surface area contributed by atoms with Crippen molar-refractivity contribution in [3.8, 4) is 11.1 Å². The van der Waals surface area contributed by atoms with Crippen molar-refractivity contribution in [1.82, 2.24) is 5.32 Å². The molecule has 2 N–H and O–H groups in total. The van der Waals surface area contributed by atoms with E-state index in [1.54, 1.807) is 6.07 Å². The molecule has 0 aliphatic heterocycles. The first-order valence-corrected chi connectivity index (χ1v) is 22.5. The molecule has 10 atom stereocenters. The number of ether oxygens (including phenoxy) is 2. The Balaban J connectivity index is 0.981. The van der Waals surface area contributed by atoms with E-state index in [1.165, 1.54) is 41.0 Å². The number of hydrogen-bond donors (Lipinski definition) is 2. The van der Waals surface area contributed by atoms with Crippen molar-refractivity contribution in [3.63, 3.8) is 0 Å². The monoisotopic (exact) mass is 801 g/mol. The largest absolute Gasteiger partial charge is 0.465 e. The standard InChI is InChI=1S/C52H64FNO5/c1-31(29-55)33-20-25-52(54-47(57)59-30-39-36-14-10-8-12-34(36)35-13-9-11-15-37(35)39)27-26-50(5)41(45(33)52)18-19-44-49(4)23-21-40(48(2,3)43(49)22-24-51(44,50)6)32-16-17-38(42(53)28-32)46(56)58-7/h8-17,21,28,31,33,39,41,43-45,55H,18-20,22-27,29-30H2,1-7H3,(H,54,57)/t31?,33-,41+,43-,44+,45+,49-,50+,51+,52-/m0/s1. The maximum atomic E-state index is 15.3. The van der Waals surface area contributed by atoms with Crippen LogP contribution in [0, 0.1) is 63.0 Å². The Morgan fingerprint density at radius 3 is 2.20 bits per heavy atom. The van der Waals surface area contributed by atoms with Crippen LogP contribution in [0.4, 0.5) is 9.18 Å². The zero-order valence-electron chi connectivity index (χ0n) is 36.2. The molecule has 0 bridgehead atoms. The molecule has 4 fully saturated rings. The number of hydrogen-bond acceptors (Lipinski definition) is 5. The molecule has 314 valence electrons. The summed E-state index contributed by atoms with van der Waals surface area (Å²) in [5.74, 6) is 0.929. The van der Waals surface area contributed by atoms with Gasteiger partial charge in [-0.05, 0) is 160 Å². The fourth-order valence-corrected chi connectivity index (χ4v) is 15.5. The number of esters is 1. The minimum atomic E-state index is -0.656. The number of rotatable bonds is 7. The highest BCUT2D eigenvalue weighted by atomic mass is 19.1. The number of benzene rings is 3. The summed E-state index contributed by atoms with van der Waals surface area (Å²) in [6, 6.07) is 21.9. The predicted molar refractivity (Wildman–Crippen MR) is 230 cm³/mol. The fourth-order valence-electron chi connectivity index (χ4n) is 15.5. The van der Waals surface area contributed by atoms with Gasteiger partial charge in [0.05, 0.1) is 12.7 Å². The van der Waals surface area contributed by atoms with Gasteiger partial charge in [-0.2, -0.15) is 0 Å². The Kier molecular flexibility index (Phi) is 9.81. The predicted octanol–water partition coefficient (Wildman–Crippen LogP) is 11.6. The Morgan fingerprint density at radius 1 is 0.847 bits per heavy atom. The van der Waals surface area contributed by atoms with Crippen LogP contribution in [-0.4, -0.2) is 43.0 Å². The van der Waals surface area contributed by atoms with Gasteiger partial charge >= 0.3 is 12.1 Å². The minimum Gasteiger partial charge on any atom is -0.465 e. The average Bonchev–Trinajstić information content (AvgIpc) is 3.75. The molecular formula is C52H64FNO5. The van der Waals surface area contributed by atoms with E-state index in [0.717, 1.165) is 63.4 Å². The molecule has 7 heteroatoms. The number of carbonyl (C=O) groups excluding carboxylic acids is 2. The summed E-state index contributed by atoms with van der Waals surface area (Å²) in [5, 5.41) is 14.2. The van der Waals surface area contributed by atoms with Crippen molar-refractivity contribution in [2.24, 2.45) is 57.2 Å². The number of halogens is 1. The molecule has 3 aromatic carbocycles. The van der Waals surface area contributed by atoms with Gasteiger partial charge in [0.15, 0.2) is 0 Å². The van der Waals surface area contributed by atoms with E-state index in [9.17, 15) is 14.7 Å². The first-order chi connectivity index (χ1) is 28.1. The van der Waals surface area contributed by atoms with Crippen LogP contribution in [0.3, 0.4) is 0 Å². The van der Waals surface area contributed by atoms with Crippen LogP contribution < -0.4 is 5.32 Å². The summed E-state index contributed by atoms with van der Waals surface area (Å²) in [6.45, 7) is 15.1. The number of nitrogens with one attached hydrogen (secondary N) is 1. The zero-order chi connectivity index (χ0) is 41.7. The van der Waals surface area contributed by atoms with Crippen molar-refractivity contribution in [2.75, 3.05) is 20.3 Å². The van der Waals surface area contributed by atoms with Gasteiger partial charge in [-0.25, -0.2) is 14.0 Å². The number of aliphatic hydroxyl groups is 1. The van der Waals surface area contributed by atoms with Gasteiger partial charge in [0, 0.05) is 18.1 Å². The first kappa shape index (κ1) is 40.4. The molecule has 0 saturated heterocycles. The van der Waals surface area contributed by atoms with E-state index in [2.05, 4.69) is 101 Å². The van der Waals surface area contributed by atoms with Crippen LogP contribution in [-0.2, 0) is 9.47 Å². The summed E-state index contributed by atoms with van der Waals surface area (Å²) in [5.41, 5.74) is 6.57. The van der Waals surface area contributed by atoms with Crippen LogP contribution in [0.15, 0.2) is 72.8 Å². The number of fused-ring (bicyclic) bond motifs is 10. The number of allylic oxidation sites excluding steroid dienone is 2. The highest BCUT2D eigenvalue weighted by Crippen LogP contribution is 2.76. The van der Waals surface area contributed by atoms with Crippen LogP contribution in [0.5, 0.6) is 0 Å². The van der Waals surface area contributed by atoms with E-state index in [4.69, 9.17) is 9.47 Å². The number of alkyl carbamates (subject to hydrolysis) is 1. The second kappa shape index (κ2) is 14.3. The maximum absolute atomic E-state index is 15.3. The van der Waals surface area contributed by atoms with Gasteiger partial charge in [-0.15, -0.1) is 0 Å². The lowest BCUT2D eigenvalue weighted by Crippen LogP contribution is -2.68. The topological polar surface area (TPSA) is 84.9 Å². The molecule has 3 aromatic rings. The van der Waals surface area contributed by atoms with Crippen molar-refractivity contribution >= 4 is 17.6 Å². The molecule has 0 heterocycles. The molecule has 6 aliphatic carbocycles. The summed E-state index contributed by atoms with van der Waals surface area (Å²) in [4.78, 5) is 26.3. The average molecular weight is 802 g/mol. The molecule has 0 radical (unpaired) electrons. The molecule has 4 saturated carbocycles. The molecule has 0 aromatic heterocycles. The summed E-state index contributed by atoms with van der Waals surface area (Å²) in [7, 11) is 1.28. The van der Waals surface area contributed by atoms with E-state index in [1.807, 2.05) is 6.07 Å². The van der Waals surface area contributed by atoms with Crippen LogP contribution in [0.25, 0.3) is 16.7 Å². The molecule has 1 unspecified atom stereocenters. The van der Waals surface area contributed by atoms with Gasteiger partial charge in [0.25, 0.3) is 0 Å². The highest BCUT2D eigenvalue weighted by molar-refractivity contribution is 5.90. The fraction of sp³-hybridized carbons (Fsp3) is 0.577. The van der Waals surface area contributed by atoms with E-state index >= 15 is 4.39 Å². The van der Waals surface area contributed by atoms with Crippen molar-refractivity contribution in [1.29, 1.82) is 0 Å². The van der Waals surface area contributed by atoms with E-state index in [0.29, 0.717) is 30.3 Å². The van der Waals surface area contributed by atoms with Crippen molar-refractivity contribution in [2.45, 2.75) is 111 Å². The zero-order valence-corrected chi connectivity index (χ0v) is 36.2. The third kappa shape index (κ3) is 5.86. The van der Waals surface area contributed by atoms with Crippen LogP contribution in [0.1, 0.15) is 132 Å². The maximum Gasteiger partial charge on any atom is 0.407 e. The second-order valence-electron chi connectivity index (χ2n) is 20.9. The molecule has 1 amide bonds. The third-order valence-electron chi connectivity index (χ3n) is 18.5. The molecule has 6 nitrogen and oxygen atoms in total. The molecule has 59 heavy (non-hydrogen) atoms. The Bertz CT molecular complexity index is 2150. The van der Waals surface area contributed by atoms with Gasteiger partial charge < -0.3 is 19.9 Å². The second-order valence-corrected chi connectivity index (χ2v) is 20.9. The molecule has 6 aliphatic rings. The molecular weight excluding hydrogens is 738 g/mol. The van der Waals surface area contributed by atoms with Gasteiger partial charge in [-0.1, -0.05) is 102 Å². The molecule has 0 spiro atoms. The van der Waals surface area contributed by atoms with E-state index in [-0.39, 0.29) is 63.2 Å². The Hall–Kier alpha value is -3.97. The van der Waals surface area contributed by atoms with E-state index < -0.39 is 11.8 Å². The lowest BCUT2D eigenvalue weighted by molar-refractivity contribution is -0.221. The van der Waals surface area contributed by atoms with Crippen molar-refractivity contribution in [3.05, 3.63) is 101 Å². The minimum absolute atomic E-state index is 0.0116. The van der Waals surface area contributed by atoms with Crippen molar-refractivity contribution < 1.29 is 28.6 Å².